The van der Waals surface area contributed by atoms with Gasteiger partial charge in [-0.2, -0.15) is 5.10 Å². The molecular weight excluding hydrogens is 256 g/mol. The largest absolute Gasteiger partial charge is 0.504 e. The molecule has 0 aliphatic rings. The summed E-state index contributed by atoms with van der Waals surface area (Å²) < 4.78 is 1.87. The molecule has 0 aliphatic carbocycles. The fourth-order valence-electron chi connectivity index (χ4n) is 2.11. The Balaban J connectivity index is 2.47. The molecule has 1 aromatic heterocycles. The number of nitrogens with zero attached hydrogens (tertiary/aromatic N) is 2. The lowest BCUT2D eigenvalue weighted by Crippen LogP contribution is -2.04. The Morgan fingerprint density at radius 1 is 1.37 bits per heavy atom. The normalized spacial score (nSPS) is 11.2. The SMILES string of the molecule is CCSc1cccc(-c2nn(C(C)C)c(C)c2O)c1. The fraction of sp³-hybridized carbons (Fsp3) is 0.400. The van der Waals surface area contributed by atoms with E-state index in [0.29, 0.717) is 5.69 Å². The molecule has 0 unspecified atom stereocenters. The highest BCUT2D eigenvalue weighted by atomic mass is 32.2. The van der Waals surface area contributed by atoms with Crippen molar-refractivity contribution in [3.63, 3.8) is 0 Å². The van der Waals surface area contributed by atoms with Crippen molar-refractivity contribution >= 4 is 11.8 Å². The predicted octanol–water partition coefficient (Wildman–Crippen LogP) is 4.26. The Hall–Kier alpha value is -1.42. The Morgan fingerprint density at radius 3 is 2.68 bits per heavy atom. The Labute approximate surface area is 118 Å². The molecule has 2 aromatic rings. The van der Waals surface area contributed by atoms with Crippen LogP contribution in [0.2, 0.25) is 0 Å². The average molecular weight is 276 g/mol. The molecule has 0 fully saturated rings. The quantitative estimate of drug-likeness (QED) is 0.848. The molecule has 0 atom stereocenters. The van der Waals surface area contributed by atoms with E-state index in [2.05, 4.69) is 38.0 Å². The minimum absolute atomic E-state index is 0.243. The molecule has 0 saturated carbocycles. The van der Waals surface area contributed by atoms with E-state index in [0.717, 1.165) is 17.0 Å². The third kappa shape index (κ3) is 2.78. The van der Waals surface area contributed by atoms with Crippen molar-refractivity contribution in [2.45, 2.75) is 38.6 Å². The summed E-state index contributed by atoms with van der Waals surface area (Å²) in [4.78, 5) is 1.20. The van der Waals surface area contributed by atoms with Gasteiger partial charge in [-0.15, -0.1) is 11.8 Å². The van der Waals surface area contributed by atoms with Gasteiger partial charge in [0.1, 0.15) is 5.69 Å². The predicted molar refractivity (Wildman–Crippen MR) is 80.8 cm³/mol. The van der Waals surface area contributed by atoms with Crippen LogP contribution in [0.5, 0.6) is 5.75 Å². The monoisotopic (exact) mass is 276 g/mol. The van der Waals surface area contributed by atoms with Crippen LogP contribution in [0.1, 0.15) is 32.5 Å². The van der Waals surface area contributed by atoms with E-state index in [1.807, 2.05) is 23.7 Å². The van der Waals surface area contributed by atoms with E-state index >= 15 is 0 Å². The van der Waals surface area contributed by atoms with Gasteiger partial charge in [0.25, 0.3) is 0 Å². The minimum atomic E-state index is 0.243. The van der Waals surface area contributed by atoms with Crippen molar-refractivity contribution in [2.24, 2.45) is 0 Å². The number of benzene rings is 1. The Morgan fingerprint density at radius 2 is 2.11 bits per heavy atom. The Kier molecular flexibility index (Phi) is 4.20. The molecule has 0 spiro atoms. The fourth-order valence-corrected chi connectivity index (χ4v) is 2.83. The first-order valence-electron chi connectivity index (χ1n) is 6.55. The number of thioether (sulfide) groups is 1. The van der Waals surface area contributed by atoms with Crippen molar-refractivity contribution in [3.05, 3.63) is 30.0 Å². The van der Waals surface area contributed by atoms with Crippen LogP contribution in [0.4, 0.5) is 0 Å². The molecule has 0 aliphatic heterocycles. The molecule has 0 amide bonds. The van der Waals surface area contributed by atoms with Crippen molar-refractivity contribution in [3.8, 4) is 17.0 Å². The van der Waals surface area contributed by atoms with Crippen LogP contribution in [0, 0.1) is 6.92 Å². The maximum Gasteiger partial charge on any atom is 0.164 e. The van der Waals surface area contributed by atoms with Gasteiger partial charge in [0.05, 0.1) is 5.69 Å². The van der Waals surface area contributed by atoms with E-state index in [9.17, 15) is 5.11 Å². The summed E-state index contributed by atoms with van der Waals surface area (Å²) in [6.45, 7) is 8.15. The molecule has 2 rings (SSSR count). The van der Waals surface area contributed by atoms with Crippen LogP contribution < -0.4 is 0 Å². The molecule has 0 radical (unpaired) electrons. The van der Waals surface area contributed by atoms with Crippen molar-refractivity contribution in [1.29, 1.82) is 0 Å². The number of rotatable bonds is 4. The number of aromatic hydroxyl groups is 1. The van der Waals surface area contributed by atoms with Crippen LogP contribution in [0.3, 0.4) is 0 Å². The summed E-state index contributed by atoms with van der Waals surface area (Å²) in [6.07, 6.45) is 0. The Bertz CT molecular complexity index is 576. The molecule has 19 heavy (non-hydrogen) atoms. The van der Waals surface area contributed by atoms with Crippen LogP contribution in [0.15, 0.2) is 29.2 Å². The average Bonchev–Trinajstić information content (AvgIpc) is 2.67. The lowest BCUT2D eigenvalue weighted by molar-refractivity contribution is 0.461. The van der Waals surface area contributed by atoms with Crippen molar-refractivity contribution in [2.75, 3.05) is 5.75 Å². The molecule has 1 N–H and O–H groups in total. The number of hydrogen-bond acceptors (Lipinski definition) is 3. The summed E-state index contributed by atoms with van der Waals surface area (Å²) in [5.74, 6) is 1.32. The van der Waals surface area contributed by atoms with Gasteiger partial charge in [0, 0.05) is 16.5 Å². The number of aromatic nitrogens is 2. The van der Waals surface area contributed by atoms with Gasteiger partial charge in [-0.25, -0.2) is 0 Å². The van der Waals surface area contributed by atoms with Crippen LogP contribution in [0.25, 0.3) is 11.3 Å². The zero-order chi connectivity index (χ0) is 14.0. The summed E-state index contributed by atoms with van der Waals surface area (Å²) in [5, 5.41) is 14.8. The van der Waals surface area contributed by atoms with Crippen molar-refractivity contribution in [1.82, 2.24) is 9.78 Å². The summed E-state index contributed by atoms with van der Waals surface area (Å²) in [6, 6.07) is 8.41. The van der Waals surface area contributed by atoms with Gasteiger partial charge in [0.2, 0.25) is 0 Å². The zero-order valence-corrected chi connectivity index (χ0v) is 12.7. The molecule has 4 heteroatoms. The molecule has 0 bridgehead atoms. The topological polar surface area (TPSA) is 38.0 Å². The van der Waals surface area contributed by atoms with Crippen LogP contribution >= 0.6 is 11.8 Å². The lowest BCUT2D eigenvalue weighted by atomic mass is 10.1. The second kappa shape index (κ2) is 5.70. The minimum Gasteiger partial charge on any atom is -0.504 e. The first-order valence-corrected chi connectivity index (χ1v) is 7.54. The molecule has 1 heterocycles. The molecule has 1 aromatic carbocycles. The molecule has 3 nitrogen and oxygen atoms in total. The first-order chi connectivity index (χ1) is 9.04. The van der Waals surface area contributed by atoms with E-state index < -0.39 is 0 Å². The second-order valence-electron chi connectivity index (χ2n) is 4.78. The van der Waals surface area contributed by atoms with Gasteiger partial charge in [0.15, 0.2) is 5.75 Å². The van der Waals surface area contributed by atoms with Gasteiger partial charge >= 0.3 is 0 Å². The third-order valence-electron chi connectivity index (χ3n) is 3.03. The van der Waals surface area contributed by atoms with Gasteiger partial charge < -0.3 is 5.11 Å². The highest BCUT2D eigenvalue weighted by Gasteiger charge is 2.17. The maximum atomic E-state index is 10.3. The number of hydrogen-bond donors (Lipinski definition) is 1. The smallest absolute Gasteiger partial charge is 0.164 e. The third-order valence-corrected chi connectivity index (χ3v) is 3.90. The highest BCUT2D eigenvalue weighted by Crippen LogP contribution is 2.34. The summed E-state index contributed by atoms with van der Waals surface area (Å²) in [7, 11) is 0. The van der Waals surface area contributed by atoms with E-state index in [1.54, 1.807) is 11.8 Å². The van der Waals surface area contributed by atoms with Crippen LogP contribution in [-0.4, -0.2) is 20.6 Å². The molecule has 102 valence electrons. The summed E-state index contributed by atoms with van der Waals surface area (Å²) in [5.41, 5.74) is 2.46. The van der Waals surface area contributed by atoms with Gasteiger partial charge in [-0.05, 0) is 38.7 Å². The van der Waals surface area contributed by atoms with Crippen molar-refractivity contribution < 1.29 is 5.11 Å². The van der Waals surface area contributed by atoms with E-state index in [1.165, 1.54) is 4.90 Å². The van der Waals surface area contributed by atoms with Gasteiger partial charge in [-0.1, -0.05) is 19.1 Å². The van der Waals surface area contributed by atoms with Crippen LogP contribution in [-0.2, 0) is 0 Å². The molecular formula is C15H20N2OS. The first kappa shape index (κ1) is 14.0. The second-order valence-corrected chi connectivity index (χ2v) is 6.12. The van der Waals surface area contributed by atoms with E-state index in [4.69, 9.17) is 0 Å². The summed E-state index contributed by atoms with van der Waals surface area (Å²) >= 11 is 1.79. The van der Waals surface area contributed by atoms with Gasteiger partial charge in [-0.3, -0.25) is 4.68 Å². The molecule has 0 saturated heterocycles. The standard InChI is InChI=1S/C15H20N2OS/c1-5-19-13-8-6-7-12(9-13)14-15(18)11(4)17(16-14)10(2)3/h6-10,18H,5H2,1-4H3. The highest BCUT2D eigenvalue weighted by molar-refractivity contribution is 7.99. The lowest BCUT2D eigenvalue weighted by Gasteiger charge is -2.06. The maximum absolute atomic E-state index is 10.3. The van der Waals surface area contributed by atoms with E-state index in [-0.39, 0.29) is 11.8 Å². The zero-order valence-electron chi connectivity index (χ0n) is 11.8.